The van der Waals surface area contributed by atoms with Gasteiger partial charge in [-0.15, -0.1) is 0 Å². The van der Waals surface area contributed by atoms with Gasteiger partial charge in [-0.05, 0) is 30.3 Å². The Bertz CT molecular complexity index is 802. The summed E-state index contributed by atoms with van der Waals surface area (Å²) in [6.07, 6.45) is -5.05. The maximum Gasteiger partial charge on any atom is 0.419 e. The van der Waals surface area contributed by atoms with Gasteiger partial charge in [0.1, 0.15) is 11.6 Å². The minimum absolute atomic E-state index is 0.151. The third-order valence-electron chi connectivity index (χ3n) is 2.67. The molecule has 0 atom stereocenters. The fourth-order valence-electron chi connectivity index (χ4n) is 1.64. The van der Waals surface area contributed by atoms with Crippen molar-refractivity contribution >= 4 is 15.7 Å². The molecule has 0 heterocycles. The van der Waals surface area contributed by atoms with E-state index in [2.05, 4.69) is 0 Å². The highest BCUT2D eigenvalue weighted by atomic mass is 32.2. The lowest BCUT2D eigenvalue weighted by Gasteiger charge is -2.12. The van der Waals surface area contributed by atoms with Gasteiger partial charge >= 0.3 is 6.18 Å². The third-order valence-corrected chi connectivity index (χ3v) is 4.03. The molecule has 0 aliphatic heterocycles. The predicted molar refractivity (Wildman–Crippen MR) is 68.6 cm³/mol. The molecule has 9 heteroatoms. The molecule has 0 spiro atoms. The zero-order valence-corrected chi connectivity index (χ0v) is 11.5. The lowest BCUT2D eigenvalue weighted by Crippen LogP contribution is -2.16. The molecule has 2 aromatic rings. The first-order valence-electron chi connectivity index (χ1n) is 5.75. The average Bonchev–Trinajstić information content (AvgIpc) is 2.40. The largest absolute Gasteiger partial charge is 0.419 e. The number of hydrogen-bond acceptors (Lipinski definition) is 2. The van der Waals surface area contributed by atoms with Crippen LogP contribution in [0.3, 0.4) is 0 Å². The SMILES string of the molecule is O=S(=O)(Nc1ccccc1F)c1ccc(F)c(C(F)(F)F)c1. The first kappa shape index (κ1) is 16.2. The number of rotatable bonds is 3. The van der Waals surface area contributed by atoms with Crippen LogP contribution in [0, 0.1) is 11.6 Å². The van der Waals surface area contributed by atoms with E-state index in [1.54, 1.807) is 0 Å². The van der Waals surface area contributed by atoms with E-state index in [1.807, 2.05) is 4.72 Å². The van der Waals surface area contributed by atoms with Gasteiger partial charge in [-0.2, -0.15) is 13.2 Å². The van der Waals surface area contributed by atoms with Gasteiger partial charge < -0.3 is 0 Å². The molecule has 3 nitrogen and oxygen atoms in total. The highest BCUT2D eigenvalue weighted by Gasteiger charge is 2.35. The van der Waals surface area contributed by atoms with Crippen molar-refractivity contribution in [3.63, 3.8) is 0 Å². The third kappa shape index (κ3) is 3.35. The minimum Gasteiger partial charge on any atom is -0.277 e. The molecule has 0 bridgehead atoms. The summed E-state index contributed by atoms with van der Waals surface area (Å²) < 4.78 is 90.1. The zero-order chi connectivity index (χ0) is 16.5. The molecule has 0 fully saturated rings. The highest BCUT2D eigenvalue weighted by molar-refractivity contribution is 7.92. The number of hydrogen-bond donors (Lipinski definition) is 1. The lowest BCUT2D eigenvalue weighted by molar-refractivity contribution is -0.140. The molecule has 0 aromatic heterocycles. The number of alkyl halides is 3. The molecule has 0 aliphatic rings. The summed E-state index contributed by atoms with van der Waals surface area (Å²) in [5.41, 5.74) is -2.15. The maximum atomic E-state index is 13.4. The van der Waals surface area contributed by atoms with E-state index < -0.39 is 44.0 Å². The quantitative estimate of drug-likeness (QED) is 0.867. The maximum absolute atomic E-state index is 13.4. The smallest absolute Gasteiger partial charge is 0.277 e. The van der Waals surface area contributed by atoms with E-state index in [0.717, 1.165) is 12.1 Å². The van der Waals surface area contributed by atoms with Gasteiger partial charge in [-0.3, -0.25) is 4.72 Å². The molecule has 0 unspecified atom stereocenters. The second-order valence-electron chi connectivity index (χ2n) is 4.22. The average molecular weight is 337 g/mol. The predicted octanol–water partition coefficient (Wildman–Crippen LogP) is 3.78. The Morgan fingerprint density at radius 1 is 0.909 bits per heavy atom. The van der Waals surface area contributed by atoms with Gasteiger partial charge in [0.15, 0.2) is 0 Å². The van der Waals surface area contributed by atoms with Crippen molar-refractivity contribution in [1.82, 2.24) is 0 Å². The molecule has 118 valence electrons. The number of anilines is 1. The minimum atomic E-state index is -5.05. The van der Waals surface area contributed by atoms with Crippen LogP contribution < -0.4 is 4.72 Å². The number of sulfonamides is 1. The van der Waals surface area contributed by atoms with Crippen LogP contribution in [-0.2, 0) is 16.2 Å². The van der Waals surface area contributed by atoms with E-state index >= 15 is 0 Å². The molecule has 2 rings (SSSR count). The zero-order valence-electron chi connectivity index (χ0n) is 10.7. The van der Waals surface area contributed by atoms with Crippen LogP contribution in [0.2, 0.25) is 0 Å². The second kappa shape index (κ2) is 5.56. The number of nitrogens with one attached hydrogen (secondary N) is 1. The van der Waals surface area contributed by atoms with Gasteiger partial charge in [-0.25, -0.2) is 17.2 Å². The van der Waals surface area contributed by atoms with Crippen molar-refractivity contribution in [2.75, 3.05) is 4.72 Å². The lowest BCUT2D eigenvalue weighted by atomic mass is 10.2. The number of benzene rings is 2. The Kier molecular flexibility index (Phi) is 4.10. The first-order chi connectivity index (χ1) is 10.1. The molecule has 1 N–H and O–H groups in total. The fraction of sp³-hybridized carbons (Fsp3) is 0.0769. The molecule has 0 amide bonds. The van der Waals surface area contributed by atoms with E-state index in [0.29, 0.717) is 12.1 Å². The normalized spacial score (nSPS) is 12.2. The molecule has 0 radical (unpaired) electrons. The summed E-state index contributed by atoms with van der Waals surface area (Å²) in [5, 5.41) is 0. The summed E-state index contributed by atoms with van der Waals surface area (Å²) in [6.45, 7) is 0. The molecule has 0 saturated carbocycles. The standard InChI is InChI=1S/C13H8F5NO2S/c14-10-6-5-8(7-9(10)13(16,17)18)22(20,21)19-12-4-2-1-3-11(12)15/h1-7,19H. The van der Waals surface area contributed by atoms with Crippen molar-refractivity contribution in [2.45, 2.75) is 11.1 Å². The summed E-state index contributed by atoms with van der Waals surface area (Å²) in [6, 6.07) is 5.93. The van der Waals surface area contributed by atoms with Crippen LogP contribution in [-0.4, -0.2) is 8.42 Å². The Hall–Kier alpha value is -2.16. The van der Waals surface area contributed by atoms with Crippen molar-refractivity contribution in [3.8, 4) is 0 Å². The van der Waals surface area contributed by atoms with Crippen LogP contribution in [0.5, 0.6) is 0 Å². The Labute approximate surface area is 122 Å². The van der Waals surface area contributed by atoms with Gasteiger partial charge in [0, 0.05) is 0 Å². The van der Waals surface area contributed by atoms with Crippen molar-refractivity contribution < 1.29 is 30.4 Å². The van der Waals surface area contributed by atoms with Gasteiger partial charge in [0.2, 0.25) is 0 Å². The second-order valence-corrected chi connectivity index (χ2v) is 5.91. The number of para-hydroxylation sites is 1. The summed E-state index contributed by atoms with van der Waals surface area (Å²) in [7, 11) is -4.49. The topological polar surface area (TPSA) is 46.2 Å². The van der Waals surface area contributed by atoms with Gasteiger partial charge in [0.25, 0.3) is 10.0 Å². The fourth-order valence-corrected chi connectivity index (χ4v) is 2.73. The molecular formula is C13H8F5NO2S. The van der Waals surface area contributed by atoms with Crippen LogP contribution in [0.15, 0.2) is 47.4 Å². The van der Waals surface area contributed by atoms with Gasteiger partial charge in [-0.1, -0.05) is 12.1 Å². The van der Waals surface area contributed by atoms with Crippen LogP contribution in [0.1, 0.15) is 5.56 Å². The Morgan fingerprint density at radius 2 is 1.55 bits per heavy atom. The Morgan fingerprint density at radius 3 is 2.14 bits per heavy atom. The van der Waals surface area contributed by atoms with Crippen molar-refractivity contribution in [3.05, 3.63) is 59.7 Å². The van der Waals surface area contributed by atoms with Crippen LogP contribution in [0.25, 0.3) is 0 Å². The molecule has 2 aromatic carbocycles. The van der Waals surface area contributed by atoms with Crippen LogP contribution >= 0.6 is 0 Å². The molecule has 0 saturated heterocycles. The van der Waals surface area contributed by atoms with Crippen LogP contribution in [0.4, 0.5) is 27.6 Å². The first-order valence-corrected chi connectivity index (χ1v) is 7.24. The summed E-state index contributed by atoms with van der Waals surface area (Å²) in [5.74, 6) is -2.50. The van der Waals surface area contributed by atoms with E-state index in [4.69, 9.17) is 0 Å². The molecular weight excluding hydrogens is 329 g/mol. The molecule has 22 heavy (non-hydrogen) atoms. The van der Waals surface area contributed by atoms with Crippen molar-refractivity contribution in [1.29, 1.82) is 0 Å². The summed E-state index contributed by atoms with van der Waals surface area (Å²) in [4.78, 5) is -0.829. The van der Waals surface area contributed by atoms with Crippen molar-refractivity contribution in [2.24, 2.45) is 0 Å². The summed E-state index contributed by atoms with van der Waals surface area (Å²) >= 11 is 0. The van der Waals surface area contributed by atoms with E-state index in [9.17, 15) is 30.4 Å². The monoisotopic (exact) mass is 337 g/mol. The van der Waals surface area contributed by atoms with E-state index in [1.165, 1.54) is 12.1 Å². The van der Waals surface area contributed by atoms with E-state index in [-0.39, 0.29) is 6.07 Å². The Balaban J connectivity index is 2.45. The number of halogens is 5. The molecule has 0 aliphatic carbocycles. The van der Waals surface area contributed by atoms with Gasteiger partial charge in [0.05, 0.1) is 16.1 Å². The highest BCUT2D eigenvalue weighted by Crippen LogP contribution is 2.33.